The Hall–Kier alpha value is -2.97. The number of urea groups is 1. The van der Waals surface area contributed by atoms with Crippen molar-refractivity contribution >= 4 is 11.7 Å². The molecule has 29 heavy (non-hydrogen) atoms. The van der Waals surface area contributed by atoms with Crippen molar-refractivity contribution in [2.75, 3.05) is 5.32 Å². The second kappa shape index (κ2) is 9.02. The Balaban J connectivity index is 1.41. The van der Waals surface area contributed by atoms with E-state index in [0.717, 1.165) is 37.8 Å². The summed E-state index contributed by atoms with van der Waals surface area (Å²) in [6.45, 7) is 0. The van der Waals surface area contributed by atoms with Crippen LogP contribution >= 0.6 is 0 Å². The van der Waals surface area contributed by atoms with Crippen molar-refractivity contribution in [3.63, 3.8) is 0 Å². The monoisotopic (exact) mass is 412 g/mol. The van der Waals surface area contributed by atoms with Gasteiger partial charge in [-0.15, -0.1) is 13.2 Å². The number of halogens is 4. The number of hydrogen-bond acceptors (Lipinski definition) is 3. The summed E-state index contributed by atoms with van der Waals surface area (Å²) >= 11 is 0. The SMILES string of the molecule is O=C(Nc1ccc(OC(F)(F)F)cc1)N[C@H]1CC[C@@H](Oc2ccc(F)cc2)CC1. The molecule has 1 aliphatic rings. The highest BCUT2D eigenvalue weighted by Crippen LogP contribution is 2.25. The summed E-state index contributed by atoms with van der Waals surface area (Å²) in [4.78, 5) is 12.1. The lowest BCUT2D eigenvalue weighted by Gasteiger charge is -2.29. The van der Waals surface area contributed by atoms with E-state index in [9.17, 15) is 22.4 Å². The average Bonchev–Trinajstić information content (AvgIpc) is 2.66. The lowest BCUT2D eigenvalue weighted by molar-refractivity contribution is -0.274. The molecule has 0 radical (unpaired) electrons. The van der Waals surface area contributed by atoms with E-state index in [1.165, 1.54) is 24.3 Å². The Labute approximate surface area is 165 Å². The number of rotatable bonds is 5. The van der Waals surface area contributed by atoms with Crippen molar-refractivity contribution < 1.29 is 31.8 Å². The summed E-state index contributed by atoms with van der Waals surface area (Å²) in [5, 5.41) is 5.43. The third kappa shape index (κ3) is 6.85. The first-order valence-corrected chi connectivity index (χ1v) is 9.12. The molecule has 9 heteroatoms. The van der Waals surface area contributed by atoms with Crippen LogP contribution < -0.4 is 20.1 Å². The maximum absolute atomic E-state index is 12.9. The molecule has 0 spiro atoms. The number of carbonyl (C=O) groups excluding carboxylic acids is 1. The first-order chi connectivity index (χ1) is 13.8. The zero-order valence-electron chi connectivity index (χ0n) is 15.3. The van der Waals surface area contributed by atoms with Crippen LogP contribution in [0.1, 0.15) is 25.7 Å². The highest BCUT2D eigenvalue weighted by atomic mass is 19.4. The fourth-order valence-corrected chi connectivity index (χ4v) is 3.12. The van der Waals surface area contributed by atoms with Gasteiger partial charge in [0.1, 0.15) is 17.3 Å². The minimum absolute atomic E-state index is 0.00255. The summed E-state index contributed by atoms with van der Waals surface area (Å²) in [5.41, 5.74) is 0.352. The van der Waals surface area contributed by atoms with Gasteiger partial charge >= 0.3 is 12.4 Å². The normalized spacial score (nSPS) is 19.3. The van der Waals surface area contributed by atoms with E-state index in [2.05, 4.69) is 15.4 Å². The molecule has 1 aliphatic carbocycles. The van der Waals surface area contributed by atoms with Gasteiger partial charge in [0.2, 0.25) is 0 Å². The number of anilines is 1. The van der Waals surface area contributed by atoms with Gasteiger partial charge in [-0.2, -0.15) is 0 Å². The maximum Gasteiger partial charge on any atom is 0.573 e. The van der Waals surface area contributed by atoms with Gasteiger partial charge in [-0.1, -0.05) is 0 Å². The van der Waals surface area contributed by atoms with E-state index in [-0.39, 0.29) is 23.7 Å². The largest absolute Gasteiger partial charge is 0.573 e. The molecule has 0 unspecified atom stereocenters. The van der Waals surface area contributed by atoms with E-state index < -0.39 is 12.4 Å². The van der Waals surface area contributed by atoms with Crippen molar-refractivity contribution in [2.45, 2.75) is 44.2 Å². The van der Waals surface area contributed by atoms with Gasteiger partial charge in [0.05, 0.1) is 6.10 Å². The lowest BCUT2D eigenvalue weighted by Crippen LogP contribution is -2.41. The van der Waals surface area contributed by atoms with Gasteiger partial charge in [0, 0.05) is 11.7 Å². The Morgan fingerprint density at radius 3 is 2.07 bits per heavy atom. The average molecular weight is 412 g/mol. The van der Waals surface area contributed by atoms with E-state index in [1.54, 1.807) is 12.1 Å². The fourth-order valence-electron chi connectivity index (χ4n) is 3.12. The zero-order chi connectivity index (χ0) is 20.9. The molecule has 0 aromatic heterocycles. The molecule has 2 N–H and O–H groups in total. The third-order valence-electron chi connectivity index (χ3n) is 4.47. The van der Waals surface area contributed by atoms with Crippen LogP contribution in [0.5, 0.6) is 11.5 Å². The second-order valence-electron chi connectivity index (χ2n) is 6.72. The molecule has 3 rings (SSSR count). The molecule has 2 aromatic carbocycles. The number of ether oxygens (including phenoxy) is 2. The molecular weight excluding hydrogens is 392 g/mol. The topological polar surface area (TPSA) is 59.6 Å². The van der Waals surface area contributed by atoms with Crippen LogP contribution in [0.3, 0.4) is 0 Å². The smallest absolute Gasteiger partial charge is 0.490 e. The van der Waals surface area contributed by atoms with E-state index in [1.807, 2.05) is 0 Å². The van der Waals surface area contributed by atoms with Crippen molar-refractivity contribution in [2.24, 2.45) is 0 Å². The van der Waals surface area contributed by atoms with Crippen LogP contribution in [-0.4, -0.2) is 24.5 Å². The second-order valence-corrected chi connectivity index (χ2v) is 6.72. The molecule has 2 aromatic rings. The summed E-state index contributed by atoms with van der Waals surface area (Å²) in [5.74, 6) is -0.0692. The lowest BCUT2D eigenvalue weighted by atomic mass is 9.93. The van der Waals surface area contributed by atoms with Crippen LogP contribution in [0.15, 0.2) is 48.5 Å². The van der Waals surface area contributed by atoms with Crippen LogP contribution in [0, 0.1) is 5.82 Å². The van der Waals surface area contributed by atoms with Crippen molar-refractivity contribution in [1.82, 2.24) is 5.32 Å². The number of alkyl halides is 3. The molecule has 0 saturated heterocycles. The minimum atomic E-state index is -4.76. The molecule has 5 nitrogen and oxygen atoms in total. The van der Waals surface area contributed by atoms with E-state index in [4.69, 9.17) is 4.74 Å². The molecule has 0 atom stereocenters. The van der Waals surface area contributed by atoms with Gasteiger partial charge in [0.25, 0.3) is 0 Å². The fraction of sp³-hybridized carbons (Fsp3) is 0.350. The predicted octanol–water partition coefficient (Wildman–Crippen LogP) is 5.24. The molecule has 0 bridgehead atoms. The standard InChI is InChI=1S/C20H20F4N2O3/c21-13-1-7-16(8-2-13)28-17-9-3-14(4-10-17)25-19(27)26-15-5-11-18(12-6-15)29-20(22,23)24/h1-2,5-8,11-12,14,17H,3-4,9-10H2,(H2,25,26,27)/t14-,17+. The Morgan fingerprint density at radius 1 is 0.897 bits per heavy atom. The summed E-state index contributed by atoms with van der Waals surface area (Å²) < 4.78 is 59.0. The van der Waals surface area contributed by atoms with Crippen molar-refractivity contribution in [3.05, 3.63) is 54.3 Å². The van der Waals surface area contributed by atoms with Crippen LogP contribution in [0.2, 0.25) is 0 Å². The summed E-state index contributed by atoms with van der Waals surface area (Å²) in [6, 6.07) is 10.3. The highest BCUT2D eigenvalue weighted by molar-refractivity contribution is 5.89. The van der Waals surface area contributed by atoms with Gasteiger partial charge in [-0.05, 0) is 74.2 Å². The third-order valence-corrected chi connectivity index (χ3v) is 4.47. The Kier molecular flexibility index (Phi) is 6.46. The first kappa shape index (κ1) is 20.8. The van der Waals surface area contributed by atoms with Crippen LogP contribution in [-0.2, 0) is 0 Å². The van der Waals surface area contributed by atoms with Crippen LogP contribution in [0.4, 0.5) is 28.0 Å². The molecule has 1 fully saturated rings. The van der Waals surface area contributed by atoms with Gasteiger partial charge < -0.3 is 20.1 Å². The number of benzene rings is 2. The molecule has 0 aliphatic heterocycles. The zero-order valence-corrected chi connectivity index (χ0v) is 15.3. The molecular formula is C20H20F4N2O3. The molecule has 0 heterocycles. The number of nitrogens with one attached hydrogen (secondary N) is 2. The van der Waals surface area contributed by atoms with Gasteiger partial charge in [-0.25, -0.2) is 9.18 Å². The van der Waals surface area contributed by atoms with Gasteiger partial charge in [-0.3, -0.25) is 0 Å². The molecule has 156 valence electrons. The van der Waals surface area contributed by atoms with Gasteiger partial charge in [0.15, 0.2) is 0 Å². The van der Waals surface area contributed by atoms with Crippen molar-refractivity contribution in [3.8, 4) is 11.5 Å². The molecule has 2 amide bonds. The number of hydrogen-bond donors (Lipinski definition) is 2. The maximum atomic E-state index is 12.9. The van der Waals surface area contributed by atoms with E-state index in [0.29, 0.717) is 11.4 Å². The number of amides is 2. The highest BCUT2D eigenvalue weighted by Gasteiger charge is 2.31. The van der Waals surface area contributed by atoms with E-state index >= 15 is 0 Å². The number of carbonyl (C=O) groups is 1. The summed E-state index contributed by atoms with van der Waals surface area (Å²) in [6.07, 6.45) is -1.83. The predicted molar refractivity (Wildman–Crippen MR) is 98.4 cm³/mol. The summed E-state index contributed by atoms with van der Waals surface area (Å²) in [7, 11) is 0. The first-order valence-electron chi connectivity index (χ1n) is 9.12. The quantitative estimate of drug-likeness (QED) is 0.661. The Morgan fingerprint density at radius 2 is 1.48 bits per heavy atom. The Bertz CT molecular complexity index is 802. The van der Waals surface area contributed by atoms with Crippen LogP contribution in [0.25, 0.3) is 0 Å². The van der Waals surface area contributed by atoms with Crippen molar-refractivity contribution in [1.29, 1.82) is 0 Å². The molecule has 1 saturated carbocycles. The minimum Gasteiger partial charge on any atom is -0.490 e.